The fourth-order valence-corrected chi connectivity index (χ4v) is 2.14. The average Bonchev–Trinajstić information content (AvgIpc) is 3.16. The van der Waals surface area contributed by atoms with Gasteiger partial charge in [0.05, 0.1) is 5.56 Å². The van der Waals surface area contributed by atoms with E-state index in [1.807, 2.05) is 30.3 Å². The summed E-state index contributed by atoms with van der Waals surface area (Å²) >= 11 is 5.66. The minimum Gasteiger partial charge on any atom is -0.454 e. The molecule has 21 heavy (non-hydrogen) atoms. The summed E-state index contributed by atoms with van der Waals surface area (Å²) in [6.07, 6.45) is 4.66. The molecule has 4 rings (SSSR count). The van der Waals surface area contributed by atoms with Gasteiger partial charge in [0.25, 0.3) is 0 Å². The average molecular weight is 298 g/mol. The maximum atomic E-state index is 5.78. The van der Waals surface area contributed by atoms with Gasteiger partial charge in [-0.3, -0.25) is 0 Å². The van der Waals surface area contributed by atoms with Gasteiger partial charge < -0.3 is 8.83 Å². The predicted molar refractivity (Wildman–Crippen MR) is 76.9 cm³/mol. The molecule has 5 nitrogen and oxygen atoms in total. The quantitative estimate of drug-likeness (QED) is 0.520. The summed E-state index contributed by atoms with van der Waals surface area (Å²) in [5, 5.41) is 0.183. The van der Waals surface area contributed by atoms with Gasteiger partial charge in [-0.15, -0.1) is 0 Å². The third kappa shape index (κ3) is 2.17. The smallest absolute Gasteiger partial charge is 0.229 e. The molecule has 102 valence electrons. The second-order valence-corrected chi connectivity index (χ2v) is 4.76. The van der Waals surface area contributed by atoms with Gasteiger partial charge in [0, 0.05) is 18.0 Å². The van der Waals surface area contributed by atoms with Crippen molar-refractivity contribution in [2.45, 2.75) is 0 Å². The van der Waals surface area contributed by atoms with E-state index in [9.17, 15) is 0 Å². The lowest BCUT2D eigenvalue weighted by molar-refractivity contribution is 0.567. The fraction of sp³-hybridized carbons (Fsp3) is 0. The van der Waals surface area contributed by atoms with E-state index in [4.69, 9.17) is 20.4 Å². The van der Waals surface area contributed by atoms with Crippen LogP contribution < -0.4 is 0 Å². The van der Waals surface area contributed by atoms with Crippen molar-refractivity contribution >= 4 is 11.6 Å². The Morgan fingerprint density at radius 3 is 2.62 bits per heavy atom. The Morgan fingerprint density at radius 1 is 0.905 bits per heavy atom. The van der Waals surface area contributed by atoms with Crippen molar-refractivity contribution < 1.29 is 8.83 Å². The normalized spacial score (nSPS) is 11.1. The van der Waals surface area contributed by atoms with Crippen molar-refractivity contribution in [1.29, 1.82) is 0 Å². The number of hydrogen-bond acceptors (Lipinski definition) is 5. The van der Waals surface area contributed by atoms with Gasteiger partial charge in [-0.25, -0.2) is 15.0 Å². The second kappa shape index (κ2) is 4.71. The van der Waals surface area contributed by atoms with Crippen LogP contribution in [0.4, 0.5) is 0 Å². The van der Waals surface area contributed by atoms with Crippen LogP contribution in [-0.2, 0) is 0 Å². The molecule has 0 bridgehead atoms. The van der Waals surface area contributed by atoms with E-state index < -0.39 is 0 Å². The van der Waals surface area contributed by atoms with Crippen molar-refractivity contribution in [2.75, 3.05) is 0 Å². The maximum Gasteiger partial charge on any atom is 0.229 e. The number of oxazole rings is 1. The van der Waals surface area contributed by atoms with Crippen LogP contribution in [0.15, 0.2) is 57.8 Å². The molecule has 0 aromatic carbocycles. The van der Waals surface area contributed by atoms with Gasteiger partial charge in [-0.1, -0.05) is 12.1 Å². The number of aromatic nitrogens is 3. The molecule has 0 saturated carbocycles. The first-order valence-corrected chi connectivity index (χ1v) is 6.60. The topological polar surface area (TPSA) is 65.0 Å². The molecule has 2 aromatic heterocycles. The van der Waals surface area contributed by atoms with E-state index in [-0.39, 0.29) is 5.28 Å². The van der Waals surface area contributed by atoms with E-state index in [2.05, 4.69) is 15.0 Å². The van der Waals surface area contributed by atoms with E-state index in [1.165, 1.54) is 6.26 Å². The molecular formula is C15H8ClN3O2. The predicted octanol–water partition coefficient (Wildman–Crippen LogP) is 4.15. The van der Waals surface area contributed by atoms with Crippen molar-refractivity contribution in [3.8, 4) is 34.2 Å². The lowest BCUT2D eigenvalue weighted by Crippen LogP contribution is -1.85. The summed E-state index contributed by atoms with van der Waals surface area (Å²) < 4.78 is 11.2. The molecule has 0 amide bonds. The molecule has 6 heteroatoms. The number of rotatable bonds is 2. The highest BCUT2D eigenvalue weighted by molar-refractivity contribution is 6.28. The summed E-state index contributed by atoms with van der Waals surface area (Å²) in [5.74, 6) is 1.87. The highest BCUT2D eigenvalue weighted by atomic mass is 35.5. The molecule has 0 spiro atoms. The molecule has 0 fully saturated rings. The van der Waals surface area contributed by atoms with Gasteiger partial charge in [0.2, 0.25) is 11.2 Å². The highest BCUT2D eigenvalue weighted by Gasteiger charge is 2.13. The zero-order chi connectivity index (χ0) is 14.2. The highest BCUT2D eigenvalue weighted by Crippen LogP contribution is 2.30. The van der Waals surface area contributed by atoms with E-state index in [0.717, 1.165) is 11.3 Å². The fourth-order valence-electron chi connectivity index (χ4n) is 2.05. The Labute approximate surface area is 124 Å². The zero-order valence-electron chi connectivity index (χ0n) is 10.7. The van der Waals surface area contributed by atoms with Crippen LogP contribution in [0.5, 0.6) is 0 Å². The van der Waals surface area contributed by atoms with Crippen molar-refractivity contribution in [3.05, 3.63) is 54.3 Å². The summed E-state index contributed by atoms with van der Waals surface area (Å²) in [5.41, 5.74) is 2.32. The molecular weight excluding hydrogens is 290 g/mol. The molecule has 0 atom stereocenters. The minimum atomic E-state index is 0.183. The van der Waals surface area contributed by atoms with Crippen LogP contribution >= 0.6 is 11.6 Å². The van der Waals surface area contributed by atoms with Crippen LogP contribution in [0.1, 0.15) is 0 Å². The molecule has 2 aromatic rings. The molecule has 1 aliphatic carbocycles. The first kappa shape index (κ1) is 12.1. The van der Waals surface area contributed by atoms with Gasteiger partial charge in [-0.2, -0.15) is 0 Å². The largest absolute Gasteiger partial charge is 0.454 e. The molecule has 0 unspecified atom stereocenters. The minimum absolute atomic E-state index is 0.183. The lowest BCUT2D eigenvalue weighted by atomic mass is 10.2. The lowest BCUT2D eigenvalue weighted by Gasteiger charge is -2.00. The first-order valence-electron chi connectivity index (χ1n) is 6.22. The summed E-state index contributed by atoms with van der Waals surface area (Å²) in [7, 11) is 0. The van der Waals surface area contributed by atoms with Crippen LogP contribution in [-0.4, -0.2) is 15.0 Å². The van der Waals surface area contributed by atoms with Crippen molar-refractivity contribution in [1.82, 2.24) is 15.0 Å². The van der Waals surface area contributed by atoms with Crippen LogP contribution in [0.25, 0.3) is 34.2 Å². The number of hydrogen-bond donors (Lipinski definition) is 0. The number of nitrogens with zero attached hydrogens (tertiary/aromatic N) is 3. The Hall–Kier alpha value is -2.66. The van der Waals surface area contributed by atoms with Gasteiger partial charge in [-0.05, 0) is 29.8 Å². The van der Waals surface area contributed by atoms with E-state index in [0.29, 0.717) is 22.9 Å². The Balaban J connectivity index is 1.74. The third-order valence-corrected chi connectivity index (χ3v) is 3.26. The van der Waals surface area contributed by atoms with Gasteiger partial charge in [0.15, 0.2) is 5.76 Å². The van der Waals surface area contributed by atoms with E-state index in [1.54, 1.807) is 12.4 Å². The van der Waals surface area contributed by atoms with Crippen LogP contribution in [0, 0.1) is 0 Å². The SMILES string of the molecule is Clc1ncc(-c2nc(-c3ccc4cccc-4o3)co2)cn1. The molecule has 0 radical (unpaired) electrons. The third-order valence-electron chi connectivity index (χ3n) is 3.07. The molecule has 0 saturated heterocycles. The van der Waals surface area contributed by atoms with Crippen LogP contribution in [0.2, 0.25) is 5.28 Å². The maximum absolute atomic E-state index is 5.78. The summed E-state index contributed by atoms with van der Waals surface area (Å²) in [6.45, 7) is 0. The molecule has 1 aliphatic heterocycles. The van der Waals surface area contributed by atoms with Crippen molar-refractivity contribution in [2.24, 2.45) is 0 Å². The Bertz CT molecular complexity index is 867. The van der Waals surface area contributed by atoms with E-state index >= 15 is 0 Å². The Morgan fingerprint density at radius 2 is 1.76 bits per heavy atom. The van der Waals surface area contributed by atoms with Gasteiger partial charge >= 0.3 is 0 Å². The number of fused-ring (bicyclic) bond motifs is 1. The monoisotopic (exact) mass is 297 g/mol. The Kier molecular flexibility index (Phi) is 2.72. The summed E-state index contributed by atoms with van der Waals surface area (Å²) in [6, 6.07) is 9.68. The molecule has 3 heterocycles. The standard InChI is InChI=1S/C15H8ClN3O2/c16-15-17-6-10(7-18-15)14-19-11(8-20-14)13-5-4-9-2-1-3-12(9)21-13/h1-8H. The second-order valence-electron chi connectivity index (χ2n) is 4.42. The van der Waals surface area contributed by atoms with Crippen LogP contribution in [0.3, 0.4) is 0 Å². The zero-order valence-corrected chi connectivity index (χ0v) is 11.4. The summed E-state index contributed by atoms with van der Waals surface area (Å²) in [4.78, 5) is 12.2. The number of halogens is 1. The molecule has 0 N–H and O–H groups in total. The van der Waals surface area contributed by atoms with Gasteiger partial charge in [0.1, 0.15) is 17.7 Å². The molecule has 2 aliphatic rings. The first-order chi connectivity index (χ1) is 10.3. The van der Waals surface area contributed by atoms with Crippen molar-refractivity contribution in [3.63, 3.8) is 0 Å².